The fourth-order valence-electron chi connectivity index (χ4n) is 8.17. The number of benzene rings is 2. The predicted molar refractivity (Wildman–Crippen MR) is 167 cm³/mol. The lowest BCUT2D eigenvalue weighted by Crippen LogP contribution is -2.54. The van der Waals surface area contributed by atoms with Crippen molar-refractivity contribution in [3.8, 4) is 6.07 Å². The Labute approximate surface area is 256 Å². The standard InChI is InChI=1S/C35H42N4O3S/c36-26-35(29-6-2-1-3-7-29,34-8-4-5-28(34)17-22-40)30-15-20-38(21-16-30)23-27-24-39(25-27)31-9-11-32(12-10-31)43(41,42)33-13-18-37-19-14-33/h1-3,6-7,9-14,18-19,27-28,30,34,40H,4-5,8,15-17,20-25H2/t28-,34+,35?/m1/s1. The van der Waals surface area contributed by atoms with Gasteiger partial charge in [0.15, 0.2) is 0 Å². The number of nitrogens with zero attached hydrogens (tertiary/aromatic N) is 4. The van der Waals surface area contributed by atoms with Crippen LogP contribution in [0.2, 0.25) is 0 Å². The van der Waals surface area contributed by atoms with Crippen molar-refractivity contribution >= 4 is 15.5 Å². The summed E-state index contributed by atoms with van der Waals surface area (Å²) >= 11 is 0. The first kappa shape index (κ1) is 29.8. The summed E-state index contributed by atoms with van der Waals surface area (Å²) in [7, 11) is -3.54. The SMILES string of the molecule is N#CC(c1ccccc1)(C1CCN(CC2CN(c3ccc(S(=O)(=O)c4ccncc4)cc3)C2)CC1)[C@H]1CCC[C@@H]1CCO. The van der Waals surface area contributed by atoms with E-state index in [4.69, 9.17) is 0 Å². The van der Waals surface area contributed by atoms with Crippen molar-refractivity contribution < 1.29 is 13.5 Å². The van der Waals surface area contributed by atoms with E-state index in [2.05, 4.69) is 45.1 Å². The molecule has 1 aliphatic carbocycles. The minimum absolute atomic E-state index is 0.198. The Kier molecular flexibility index (Phi) is 8.85. The van der Waals surface area contributed by atoms with E-state index in [1.807, 2.05) is 18.2 Å². The summed E-state index contributed by atoms with van der Waals surface area (Å²) in [6.07, 6.45) is 9.16. The number of pyridine rings is 1. The summed E-state index contributed by atoms with van der Waals surface area (Å²) in [4.78, 5) is 9.37. The molecule has 0 radical (unpaired) electrons. The Morgan fingerprint density at radius 3 is 2.23 bits per heavy atom. The highest BCUT2D eigenvalue weighted by Gasteiger charge is 2.51. The summed E-state index contributed by atoms with van der Waals surface area (Å²) in [5.41, 5.74) is 1.73. The number of likely N-dealkylation sites (tertiary alicyclic amines) is 1. The molecule has 0 bridgehead atoms. The fraction of sp³-hybridized carbons (Fsp3) is 0.486. The summed E-state index contributed by atoms with van der Waals surface area (Å²) in [5, 5.41) is 20.6. The van der Waals surface area contributed by atoms with Crippen molar-refractivity contribution in [2.45, 2.75) is 53.7 Å². The number of nitriles is 1. The van der Waals surface area contributed by atoms with E-state index in [0.717, 1.165) is 76.9 Å². The van der Waals surface area contributed by atoms with E-state index in [9.17, 15) is 18.8 Å². The third-order valence-corrected chi connectivity index (χ3v) is 12.1. The van der Waals surface area contributed by atoms with Gasteiger partial charge < -0.3 is 14.9 Å². The fourth-order valence-corrected chi connectivity index (χ4v) is 9.42. The van der Waals surface area contributed by atoms with Crippen LogP contribution in [0.3, 0.4) is 0 Å². The molecule has 2 saturated heterocycles. The van der Waals surface area contributed by atoms with Gasteiger partial charge in [-0.3, -0.25) is 4.98 Å². The van der Waals surface area contributed by atoms with E-state index in [-0.39, 0.29) is 11.5 Å². The Morgan fingerprint density at radius 2 is 1.58 bits per heavy atom. The van der Waals surface area contributed by atoms with Gasteiger partial charge in [0.2, 0.25) is 9.84 Å². The first-order valence-corrected chi connectivity index (χ1v) is 17.2. The normalized spacial score (nSPS) is 23.4. The maximum atomic E-state index is 12.9. The highest BCUT2D eigenvalue weighted by Crippen LogP contribution is 2.53. The first-order chi connectivity index (χ1) is 21.0. The second kappa shape index (κ2) is 12.8. The molecular formula is C35H42N4O3S. The second-order valence-corrected chi connectivity index (χ2v) is 14.6. The number of aromatic nitrogens is 1. The van der Waals surface area contributed by atoms with Gasteiger partial charge in [-0.25, -0.2) is 8.42 Å². The molecule has 3 atom stereocenters. The smallest absolute Gasteiger partial charge is 0.206 e. The van der Waals surface area contributed by atoms with Gasteiger partial charge in [-0.05, 0) is 98.5 Å². The number of sulfone groups is 1. The van der Waals surface area contributed by atoms with Crippen LogP contribution >= 0.6 is 0 Å². The number of hydrogen-bond donors (Lipinski definition) is 1. The van der Waals surface area contributed by atoms with Gasteiger partial charge in [0.05, 0.1) is 21.3 Å². The average Bonchev–Trinajstić information content (AvgIpc) is 3.50. The lowest BCUT2D eigenvalue weighted by molar-refractivity contribution is 0.0856. The molecule has 0 amide bonds. The van der Waals surface area contributed by atoms with Gasteiger partial charge in [0, 0.05) is 50.2 Å². The lowest BCUT2D eigenvalue weighted by atomic mass is 9.58. The first-order valence-electron chi connectivity index (χ1n) is 15.8. The number of aliphatic hydroxyl groups is 1. The Morgan fingerprint density at radius 1 is 0.907 bits per heavy atom. The molecule has 1 unspecified atom stereocenters. The van der Waals surface area contributed by atoms with Crippen LogP contribution in [0.1, 0.15) is 44.1 Å². The molecule has 3 fully saturated rings. The van der Waals surface area contributed by atoms with E-state index < -0.39 is 15.3 Å². The van der Waals surface area contributed by atoms with Gasteiger partial charge in [-0.2, -0.15) is 5.26 Å². The molecule has 226 valence electrons. The van der Waals surface area contributed by atoms with Gasteiger partial charge in [-0.15, -0.1) is 0 Å². The number of rotatable bonds is 10. The lowest BCUT2D eigenvalue weighted by Gasteiger charge is -2.48. The molecular weight excluding hydrogens is 556 g/mol. The maximum Gasteiger partial charge on any atom is 0.206 e. The summed E-state index contributed by atoms with van der Waals surface area (Å²) in [6.45, 7) is 5.20. The van der Waals surface area contributed by atoms with Crippen molar-refractivity contribution in [2.24, 2.45) is 23.7 Å². The van der Waals surface area contributed by atoms with E-state index in [1.54, 1.807) is 12.1 Å². The van der Waals surface area contributed by atoms with Crippen molar-refractivity contribution in [3.05, 3.63) is 84.7 Å². The zero-order valence-electron chi connectivity index (χ0n) is 24.8. The highest BCUT2D eigenvalue weighted by molar-refractivity contribution is 7.91. The molecule has 2 aliphatic heterocycles. The highest BCUT2D eigenvalue weighted by atomic mass is 32.2. The van der Waals surface area contributed by atoms with Crippen LogP contribution in [0.4, 0.5) is 5.69 Å². The molecule has 3 aliphatic rings. The van der Waals surface area contributed by atoms with E-state index in [0.29, 0.717) is 28.6 Å². The van der Waals surface area contributed by atoms with E-state index >= 15 is 0 Å². The van der Waals surface area contributed by atoms with Crippen molar-refractivity contribution in [1.82, 2.24) is 9.88 Å². The topological polar surface area (TPSA) is 97.5 Å². The molecule has 7 nitrogen and oxygen atoms in total. The van der Waals surface area contributed by atoms with Crippen LogP contribution in [-0.2, 0) is 15.3 Å². The minimum atomic E-state index is -3.54. The molecule has 2 aromatic carbocycles. The summed E-state index contributed by atoms with van der Waals surface area (Å²) in [6, 6.07) is 23.7. The molecule has 43 heavy (non-hydrogen) atoms. The minimum Gasteiger partial charge on any atom is -0.396 e. The predicted octanol–water partition coefficient (Wildman–Crippen LogP) is 5.32. The third-order valence-electron chi connectivity index (χ3n) is 10.4. The zero-order chi connectivity index (χ0) is 29.9. The number of piperidine rings is 1. The van der Waals surface area contributed by atoms with Crippen LogP contribution in [-0.4, -0.2) is 62.7 Å². The summed E-state index contributed by atoms with van der Waals surface area (Å²) in [5.74, 6) is 1.61. The third kappa shape index (κ3) is 5.83. The van der Waals surface area contributed by atoms with Crippen LogP contribution in [0.15, 0.2) is 88.9 Å². The Hall–Kier alpha value is -3.25. The molecule has 6 rings (SSSR count). The Balaban J connectivity index is 1.06. The number of aliphatic hydroxyl groups excluding tert-OH is 1. The largest absolute Gasteiger partial charge is 0.396 e. The van der Waals surface area contributed by atoms with Crippen molar-refractivity contribution in [2.75, 3.05) is 44.2 Å². The van der Waals surface area contributed by atoms with Gasteiger partial charge in [0.1, 0.15) is 0 Å². The quantitative estimate of drug-likeness (QED) is 0.337. The average molecular weight is 599 g/mol. The Bertz CT molecular complexity index is 1500. The molecule has 3 heterocycles. The summed E-state index contributed by atoms with van der Waals surface area (Å²) < 4.78 is 25.8. The molecule has 3 aromatic rings. The van der Waals surface area contributed by atoms with Crippen LogP contribution in [0.5, 0.6) is 0 Å². The number of hydrogen-bond acceptors (Lipinski definition) is 7. The van der Waals surface area contributed by atoms with Crippen LogP contribution in [0.25, 0.3) is 0 Å². The van der Waals surface area contributed by atoms with Gasteiger partial charge in [-0.1, -0.05) is 43.2 Å². The molecule has 1 aromatic heterocycles. The van der Waals surface area contributed by atoms with Crippen LogP contribution < -0.4 is 4.90 Å². The van der Waals surface area contributed by atoms with Crippen molar-refractivity contribution in [3.63, 3.8) is 0 Å². The van der Waals surface area contributed by atoms with Gasteiger partial charge in [0.25, 0.3) is 0 Å². The monoisotopic (exact) mass is 598 g/mol. The van der Waals surface area contributed by atoms with Crippen LogP contribution in [0, 0.1) is 35.0 Å². The molecule has 0 spiro atoms. The molecule has 8 heteroatoms. The van der Waals surface area contributed by atoms with Gasteiger partial charge >= 0.3 is 0 Å². The second-order valence-electron chi connectivity index (χ2n) is 12.7. The maximum absolute atomic E-state index is 12.9. The zero-order valence-corrected chi connectivity index (χ0v) is 25.6. The number of anilines is 1. The van der Waals surface area contributed by atoms with Crippen molar-refractivity contribution in [1.29, 1.82) is 5.26 Å². The van der Waals surface area contributed by atoms with E-state index in [1.165, 1.54) is 30.1 Å². The molecule has 1 N–H and O–H groups in total. The molecule has 1 saturated carbocycles.